The molecule has 1 atom stereocenters. The van der Waals surface area contributed by atoms with E-state index in [2.05, 4.69) is 31.1 Å². The fourth-order valence-corrected chi connectivity index (χ4v) is 2.99. The van der Waals surface area contributed by atoms with Crippen LogP contribution in [0, 0.1) is 0 Å². The number of rotatable bonds is 13. The highest BCUT2D eigenvalue weighted by atomic mass is 16.6. The molecule has 1 N–H and O–H groups in total. The molecule has 0 aliphatic rings. The third-order valence-electron chi connectivity index (χ3n) is 5.12. The molecule has 7 nitrogen and oxygen atoms in total. The summed E-state index contributed by atoms with van der Waals surface area (Å²) >= 11 is 0. The molecule has 0 aromatic heterocycles. The summed E-state index contributed by atoms with van der Waals surface area (Å²) in [4.78, 5) is 27.8. The topological polar surface area (TPSA) is 71.1 Å². The van der Waals surface area contributed by atoms with Crippen molar-refractivity contribution in [3.05, 3.63) is 29.8 Å². The first-order valence-corrected chi connectivity index (χ1v) is 11.0. The van der Waals surface area contributed by atoms with Crippen molar-refractivity contribution in [1.82, 2.24) is 15.1 Å². The molecule has 0 bridgehead atoms. The van der Waals surface area contributed by atoms with Gasteiger partial charge in [-0.2, -0.15) is 0 Å². The van der Waals surface area contributed by atoms with Crippen molar-refractivity contribution in [3.8, 4) is 5.75 Å². The van der Waals surface area contributed by atoms with E-state index in [9.17, 15) is 9.59 Å². The second-order valence-electron chi connectivity index (χ2n) is 7.60. The van der Waals surface area contributed by atoms with Crippen LogP contribution in [0.2, 0.25) is 0 Å². The molecular formula is C23H39N3O4. The van der Waals surface area contributed by atoms with Crippen molar-refractivity contribution in [3.63, 3.8) is 0 Å². The molecule has 0 aliphatic carbocycles. The van der Waals surface area contributed by atoms with Crippen LogP contribution in [0.3, 0.4) is 0 Å². The minimum atomic E-state index is -0.443. The Bertz CT molecular complexity index is 621. The molecule has 0 fully saturated rings. The van der Waals surface area contributed by atoms with Crippen LogP contribution in [-0.4, -0.2) is 62.8 Å². The second kappa shape index (κ2) is 14.7. The zero-order valence-corrected chi connectivity index (χ0v) is 19.3. The molecule has 1 rings (SSSR count). The van der Waals surface area contributed by atoms with Crippen LogP contribution in [0.15, 0.2) is 24.3 Å². The van der Waals surface area contributed by atoms with Crippen LogP contribution in [0.5, 0.6) is 5.75 Å². The molecule has 7 heteroatoms. The van der Waals surface area contributed by atoms with Gasteiger partial charge in [-0.1, -0.05) is 45.2 Å². The van der Waals surface area contributed by atoms with E-state index in [1.54, 1.807) is 31.1 Å². The number of alkyl carbamates (subject to hydrolysis) is 1. The predicted molar refractivity (Wildman–Crippen MR) is 120 cm³/mol. The van der Waals surface area contributed by atoms with Gasteiger partial charge in [-0.25, -0.2) is 9.59 Å². The maximum atomic E-state index is 12.3. The Balaban J connectivity index is 2.62. The molecule has 0 saturated heterocycles. The average molecular weight is 422 g/mol. The smallest absolute Gasteiger partial charge is 0.414 e. The number of hydrogen-bond donors (Lipinski definition) is 1. The van der Waals surface area contributed by atoms with Crippen molar-refractivity contribution < 1.29 is 19.1 Å². The standard InChI is InChI=1S/C23H39N3O4/c1-6-8-9-10-12-21(30-22(27)24-3)19-13-15-20(16-14-19)29-23(28)26(5)18-11-17-25(4)7-2/h13-16,21H,6-12,17-18H2,1-5H3,(H,24,27). The van der Waals surface area contributed by atoms with Crippen molar-refractivity contribution in [1.29, 1.82) is 0 Å². The first-order chi connectivity index (χ1) is 14.4. The van der Waals surface area contributed by atoms with E-state index in [0.717, 1.165) is 50.8 Å². The van der Waals surface area contributed by atoms with E-state index in [4.69, 9.17) is 9.47 Å². The molecule has 1 aromatic carbocycles. The minimum absolute atomic E-state index is 0.315. The molecular weight excluding hydrogens is 382 g/mol. The third-order valence-corrected chi connectivity index (χ3v) is 5.12. The van der Waals surface area contributed by atoms with Gasteiger partial charge in [-0.3, -0.25) is 0 Å². The van der Waals surface area contributed by atoms with Crippen molar-refractivity contribution in [2.75, 3.05) is 40.8 Å². The van der Waals surface area contributed by atoms with E-state index in [-0.39, 0.29) is 12.2 Å². The van der Waals surface area contributed by atoms with E-state index >= 15 is 0 Å². The maximum Gasteiger partial charge on any atom is 0.414 e. The number of nitrogens with one attached hydrogen (secondary N) is 1. The van der Waals surface area contributed by atoms with Crippen molar-refractivity contribution in [2.24, 2.45) is 0 Å². The number of benzene rings is 1. The molecule has 0 spiro atoms. The number of unbranched alkanes of at least 4 members (excludes halogenated alkanes) is 3. The number of ether oxygens (including phenoxy) is 2. The lowest BCUT2D eigenvalue weighted by molar-refractivity contribution is 0.0925. The summed E-state index contributed by atoms with van der Waals surface area (Å²) in [6, 6.07) is 7.20. The number of carbonyl (C=O) groups is 2. The highest BCUT2D eigenvalue weighted by Gasteiger charge is 2.17. The molecule has 30 heavy (non-hydrogen) atoms. The van der Waals surface area contributed by atoms with Crippen LogP contribution >= 0.6 is 0 Å². The van der Waals surface area contributed by atoms with Gasteiger partial charge in [0.2, 0.25) is 0 Å². The molecule has 0 saturated carbocycles. The van der Waals surface area contributed by atoms with Crippen LogP contribution in [0.25, 0.3) is 0 Å². The zero-order chi connectivity index (χ0) is 22.4. The average Bonchev–Trinajstić information content (AvgIpc) is 2.75. The minimum Gasteiger partial charge on any atom is -0.441 e. The van der Waals surface area contributed by atoms with E-state index in [0.29, 0.717) is 12.3 Å². The van der Waals surface area contributed by atoms with Crippen LogP contribution in [0.4, 0.5) is 9.59 Å². The lowest BCUT2D eigenvalue weighted by Gasteiger charge is -2.20. The summed E-state index contributed by atoms with van der Waals surface area (Å²) in [5, 5.41) is 2.51. The number of carbonyl (C=O) groups excluding carboxylic acids is 2. The molecule has 2 amide bonds. The summed E-state index contributed by atoms with van der Waals surface area (Å²) in [6.45, 7) is 6.84. The molecule has 1 unspecified atom stereocenters. The van der Waals surface area contributed by atoms with Gasteiger partial charge >= 0.3 is 12.2 Å². The quantitative estimate of drug-likeness (QED) is 0.462. The lowest BCUT2D eigenvalue weighted by Crippen LogP contribution is -2.32. The Morgan fingerprint density at radius 2 is 1.70 bits per heavy atom. The molecule has 0 aliphatic heterocycles. The lowest BCUT2D eigenvalue weighted by atomic mass is 10.0. The fraction of sp³-hybridized carbons (Fsp3) is 0.652. The van der Waals surface area contributed by atoms with Gasteiger partial charge < -0.3 is 24.6 Å². The summed E-state index contributed by atoms with van der Waals surface area (Å²) < 4.78 is 11.0. The molecule has 0 radical (unpaired) electrons. The third kappa shape index (κ3) is 9.96. The Morgan fingerprint density at radius 1 is 1.00 bits per heavy atom. The first kappa shape index (κ1) is 25.8. The second-order valence-corrected chi connectivity index (χ2v) is 7.60. The molecule has 170 valence electrons. The van der Waals surface area contributed by atoms with Gasteiger partial charge in [0.25, 0.3) is 0 Å². The Kier molecular flexibility index (Phi) is 12.6. The number of amides is 2. The highest BCUT2D eigenvalue weighted by Crippen LogP contribution is 2.26. The molecule has 0 heterocycles. The highest BCUT2D eigenvalue weighted by molar-refractivity contribution is 5.70. The predicted octanol–water partition coefficient (Wildman–Crippen LogP) is 4.83. The van der Waals surface area contributed by atoms with E-state index < -0.39 is 6.09 Å². The van der Waals surface area contributed by atoms with Gasteiger partial charge in [0, 0.05) is 20.6 Å². The van der Waals surface area contributed by atoms with Crippen LogP contribution in [0.1, 0.15) is 64.0 Å². The number of nitrogens with zero attached hydrogens (tertiary/aromatic N) is 2. The molecule has 1 aromatic rings. The van der Waals surface area contributed by atoms with Crippen LogP contribution < -0.4 is 10.1 Å². The van der Waals surface area contributed by atoms with Gasteiger partial charge in [-0.05, 0) is 57.1 Å². The van der Waals surface area contributed by atoms with Crippen molar-refractivity contribution in [2.45, 2.75) is 58.5 Å². The summed E-state index contributed by atoms with van der Waals surface area (Å²) in [5.41, 5.74) is 0.894. The summed E-state index contributed by atoms with van der Waals surface area (Å²) in [5.74, 6) is 0.478. The summed E-state index contributed by atoms with van der Waals surface area (Å²) in [7, 11) is 5.35. The Labute approximate surface area is 181 Å². The van der Waals surface area contributed by atoms with Crippen LogP contribution in [-0.2, 0) is 4.74 Å². The number of hydrogen-bond acceptors (Lipinski definition) is 5. The SMILES string of the molecule is CCCCCCC(OC(=O)NC)c1ccc(OC(=O)N(C)CCCN(C)CC)cc1. The normalized spacial score (nSPS) is 11.8. The van der Waals surface area contributed by atoms with Gasteiger partial charge in [-0.15, -0.1) is 0 Å². The zero-order valence-electron chi connectivity index (χ0n) is 19.3. The first-order valence-electron chi connectivity index (χ1n) is 11.0. The Hall–Kier alpha value is -2.28. The van der Waals surface area contributed by atoms with E-state index in [1.165, 1.54) is 6.42 Å². The van der Waals surface area contributed by atoms with E-state index in [1.807, 2.05) is 12.1 Å². The van der Waals surface area contributed by atoms with Crippen molar-refractivity contribution >= 4 is 12.2 Å². The largest absolute Gasteiger partial charge is 0.441 e. The van der Waals surface area contributed by atoms with Gasteiger partial charge in [0.15, 0.2) is 0 Å². The monoisotopic (exact) mass is 421 g/mol. The Morgan fingerprint density at radius 3 is 2.30 bits per heavy atom. The summed E-state index contributed by atoms with van der Waals surface area (Å²) in [6.07, 6.45) is 4.96. The van der Waals surface area contributed by atoms with Gasteiger partial charge in [0.1, 0.15) is 11.9 Å². The fourth-order valence-electron chi connectivity index (χ4n) is 2.99. The van der Waals surface area contributed by atoms with Gasteiger partial charge in [0.05, 0.1) is 0 Å². The maximum absolute atomic E-state index is 12.3.